The highest BCUT2D eigenvalue weighted by Gasteiger charge is 2.13. The molecule has 0 aliphatic carbocycles. The summed E-state index contributed by atoms with van der Waals surface area (Å²) in [6, 6.07) is 49.1. The van der Waals surface area contributed by atoms with Gasteiger partial charge in [-0.2, -0.15) is 0 Å². The van der Waals surface area contributed by atoms with Gasteiger partial charge in [0.05, 0.1) is 11.0 Å². The van der Waals surface area contributed by atoms with Gasteiger partial charge in [-0.25, -0.2) is 4.98 Å². The number of oxazole rings is 1. The molecule has 41 heavy (non-hydrogen) atoms. The smallest absolute Gasteiger partial charge is 0.227 e. The lowest BCUT2D eigenvalue weighted by molar-refractivity contribution is 0.620. The highest BCUT2D eigenvalue weighted by molar-refractivity contribution is 6.09. The Kier molecular flexibility index (Phi) is 5.36. The third-order valence-corrected chi connectivity index (χ3v) is 8.01. The van der Waals surface area contributed by atoms with Gasteiger partial charge in [-0.15, -0.1) is 0 Å². The van der Waals surface area contributed by atoms with Crippen molar-refractivity contribution in [2.45, 2.75) is 6.92 Å². The molecule has 0 amide bonds. The van der Waals surface area contributed by atoms with E-state index >= 15 is 0 Å². The predicted molar refractivity (Wildman–Crippen MR) is 169 cm³/mol. The summed E-state index contributed by atoms with van der Waals surface area (Å²) in [5.41, 5.74) is 12.1. The van der Waals surface area contributed by atoms with Gasteiger partial charge in [-0.05, 0) is 83.3 Å². The number of hydrogen-bond acceptors (Lipinski definition) is 2. The molecule has 0 bridgehead atoms. The SMILES string of the molecule is Cc1ccccc1-c1ccc2oc(-c3ccc(-c4ccc(-n5c6ccccc6c6ccccc65)cc4)cc3)nc2c1. The average molecular weight is 527 g/mol. The van der Waals surface area contributed by atoms with Crippen LogP contribution in [0.15, 0.2) is 144 Å². The first kappa shape index (κ1) is 23.5. The Hall–Kier alpha value is -5.41. The number of hydrogen-bond donors (Lipinski definition) is 0. The summed E-state index contributed by atoms with van der Waals surface area (Å²) < 4.78 is 8.48. The summed E-state index contributed by atoms with van der Waals surface area (Å²) in [5.74, 6) is 0.634. The minimum atomic E-state index is 0.634. The van der Waals surface area contributed by atoms with Gasteiger partial charge in [0.25, 0.3) is 0 Å². The fourth-order valence-corrected chi connectivity index (χ4v) is 5.92. The van der Waals surface area contributed by atoms with E-state index in [0.29, 0.717) is 5.89 Å². The number of rotatable bonds is 4. The van der Waals surface area contributed by atoms with E-state index in [1.54, 1.807) is 0 Å². The fourth-order valence-electron chi connectivity index (χ4n) is 5.92. The summed E-state index contributed by atoms with van der Waals surface area (Å²) in [6.45, 7) is 2.13. The molecule has 0 unspecified atom stereocenters. The van der Waals surface area contributed by atoms with Crippen LogP contribution in [0.3, 0.4) is 0 Å². The zero-order chi connectivity index (χ0) is 27.3. The van der Waals surface area contributed by atoms with Crippen molar-refractivity contribution in [2.75, 3.05) is 0 Å². The van der Waals surface area contributed by atoms with Crippen LogP contribution in [0.2, 0.25) is 0 Å². The van der Waals surface area contributed by atoms with E-state index in [1.165, 1.54) is 38.5 Å². The second kappa shape index (κ2) is 9.35. The molecule has 0 saturated heterocycles. The fraction of sp³-hybridized carbons (Fsp3) is 0.0263. The highest BCUT2D eigenvalue weighted by atomic mass is 16.3. The topological polar surface area (TPSA) is 31.0 Å². The average Bonchev–Trinajstić information content (AvgIpc) is 3.61. The maximum atomic E-state index is 6.13. The van der Waals surface area contributed by atoms with Crippen molar-refractivity contribution in [1.82, 2.24) is 9.55 Å². The Morgan fingerprint density at radius 3 is 1.78 bits per heavy atom. The minimum Gasteiger partial charge on any atom is -0.436 e. The van der Waals surface area contributed by atoms with Gasteiger partial charge in [0.1, 0.15) is 5.52 Å². The van der Waals surface area contributed by atoms with Crippen LogP contribution in [0.1, 0.15) is 5.56 Å². The molecule has 2 aromatic heterocycles. The molecule has 0 aliphatic heterocycles. The predicted octanol–water partition coefficient (Wildman–Crippen LogP) is 10.2. The number of para-hydroxylation sites is 2. The Bertz CT molecular complexity index is 2150. The van der Waals surface area contributed by atoms with Gasteiger partial charge in [-0.3, -0.25) is 0 Å². The van der Waals surface area contributed by atoms with E-state index in [4.69, 9.17) is 9.40 Å². The van der Waals surface area contributed by atoms with Gasteiger partial charge in [0.2, 0.25) is 5.89 Å². The monoisotopic (exact) mass is 526 g/mol. The van der Waals surface area contributed by atoms with Crippen LogP contribution in [-0.2, 0) is 0 Å². The van der Waals surface area contributed by atoms with Crippen LogP contribution >= 0.6 is 0 Å². The van der Waals surface area contributed by atoms with Crippen LogP contribution in [0.4, 0.5) is 0 Å². The van der Waals surface area contributed by atoms with Crippen molar-refractivity contribution in [3.8, 4) is 39.4 Å². The second-order valence-electron chi connectivity index (χ2n) is 10.5. The molecule has 0 N–H and O–H groups in total. The number of fused-ring (bicyclic) bond motifs is 4. The van der Waals surface area contributed by atoms with E-state index in [-0.39, 0.29) is 0 Å². The summed E-state index contributed by atoms with van der Waals surface area (Å²) in [6.07, 6.45) is 0. The molecule has 0 saturated carbocycles. The molecule has 3 heteroatoms. The largest absolute Gasteiger partial charge is 0.436 e. The summed E-state index contributed by atoms with van der Waals surface area (Å²) in [5, 5.41) is 2.54. The molecule has 0 spiro atoms. The Labute approximate surface area is 238 Å². The number of aryl methyl sites for hydroxylation is 1. The van der Waals surface area contributed by atoms with Crippen molar-refractivity contribution in [3.63, 3.8) is 0 Å². The van der Waals surface area contributed by atoms with E-state index in [1.807, 2.05) is 6.07 Å². The van der Waals surface area contributed by atoms with Crippen LogP contribution in [0, 0.1) is 6.92 Å². The van der Waals surface area contributed by atoms with Gasteiger partial charge >= 0.3 is 0 Å². The lowest BCUT2D eigenvalue weighted by atomic mass is 10.0. The van der Waals surface area contributed by atoms with Gasteiger partial charge in [0.15, 0.2) is 5.58 Å². The van der Waals surface area contributed by atoms with Crippen molar-refractivity contribution in [3.05, 3.63) is 145 Å². The lowest BCUT2D eigenvalue weighted by Crippen LogP contribution is -1.93. The highest BCUT2D eigenvalue weighted by Crippen LogP contribution is 2.34. The molecule has 194 valence electrons. The Balaban J connectivity index is 1.10. The van der Waals surface area contributed by atoms with E-state index in [9.17, 15) is 0 Å². The first-order chi connectivity index (χ1) is 20.2. The van der Waals surface area contributed by atoms with Crippen LogP contribution < -0.4 is 0 Å². The quantitative estimate of drug-likeness (QED) is 0.228. The van der Waals surface area contributed by atoms with Gasteiger partial charge < -0.3 is 8.98 Å². The van der Waals surface area contributed by atoms with Crippen molar-refractivity contribution >= 4 is 32.9 Å². The van der Waals surface area contributed by atoms with Crippen molar-refractivity contribution < 1.29 is 4.42 Å². The molecule has 0 atom stereocenters. The first-order valence-electron chi connectivity index (χ1n) is 13.9. The summed E-state index contributed by atoms with van der Waals surface area (Å²) >= 11 is 0. The lowest BCUT2D eigenvalue weighted by Gasteiger charge is -2.09. The van der Waals surface area contributed by atoms with E-state index in [2.05, 4.69) is 145 Å². The third-order valence-electron chi connectivity index (χ3n) is 8.01. The molecular formula is C38H26N2O. The molecule has 8 aromatic rings. The maximum Gasteiger partial charge on any atom is 0.227 e. The van der Waals surface area contributed by atoms with E-state index in [0.717, 1.165) is 33.5 Å². The summed E-state index contributed by atoms with van der Waals surface area (Å²) in [7, 11) is 0. The number of aromatic nitrogens is 2. The normalized spacial score (nSPS) is 11.5. The molecule has 8 rings (SSSR count). The molecule has 2 heterocycles. The third kappa shape index (κ3) is 3.94. The number of benzene rings is 6. The zero-order valence-corrected chi connectivity index (χ0v) is 22.6. The van der Waals surface area contributed by atoms with Crippen LogP contribution in [0.5, 0.6) is 0 Å². The van der Waals surface area contributed by atoms with Crippen molar-refractivity contribution in [2.24, 2.45) is 0 Å². The molecule has 6 aromatic carbocycles. The van der Waals surface area contributed by atoms with Gasteiger partial charge in [0, 0.05) is 22.0 Å². The standard InChI is InChI=1S/C38H26N2O/c1-25-8-2-3-9-31(25)29-20-23-37-34(24-29)39-38(41-37)28-16-14-26(15-17-28)27-18-21-30(22-19-27)40-35-12-6-4-10-32(35)33-11-5-7-13-36(33)40/h2-24H,1H3. The number of nitrogens with zero attached hydrogens (tertiary/aromatic N) is 2. The molecule has 0 aliphatic rings. The van der Waals surface area contributed by atoms with Crippen LogP contribution in [-0.4, -0.2) is 9.55 Å². The van der Waals surface area contributed by atoms with Crippen molar-refractivity contribution in [1.29, 1.82) is 0 Å². The van der Waals surface area contributed by atoms with Gasteiger partial charge in [-0.1, -0.05) is 91.0 Å². The maximum absolute atomic E-state index is 6.13. The zero-order valence-electron chi connectivity index (χ0n) is 22.6. The Morgan fingerprint density at radius 1 is 0.537 bits per heavy atom. The molecule has 0 fully saturated rings. The Morgan fingerprint density at radius 2 is 1.10 bits per heavy atom. The minimum absolute atomic E-state index is 0.634. The summed E-state index contributed by atoms with van der Waals surface area (Å²) in [4.78, 5) is 4.82. The first-order valence-corrected chi connectivity index (χ1v) is 13.9. The van der Waals surface area contributed by atoms with E-state index < -0.39 is 0 Å². The second-order valence-corrected chi connectivity index (χ2v) is 10.5. The molecule has 3 nitrogen and oxygen atoms in total. The molecular weight excluding hydrogens is 500 g/mol. The molecule has 0 radical (unpaired) electrons. The van der Waals surface area contributed by atoms with Crippen LogP contribution in [0.25, 0.3) is 72.3 Å².